The van der Waals surface area contributed by atoms with Crippen LogP contribution in [0.1, 0.15) is 271 Å². The van der Waals surface area contributed by atoms with E-state index in [4.69, 9.17) is 18.9 Å². The van der Waals surface area contributed by atoms with Gasteiger partial charge in [-0.05, 0) is 141 Å². The van der Waals surface area contributed by atoms with Crippen molar-refractivity contribution in [2.24, 2.45) is 0 Å². The Balaban J connectivity index is 4.18. The van der Waals surface area contributed by atoms with Crippen LogP contribution in [0.4, 0.5) is 0 Å². The summed E-state index contributed by atoms with van der Waals surface area (Å²) >= 11 is 0. The van der Waals surface area contributed by atoms with Gasteiger partial charge in [0.1, 0.15) is 13.2 Å². The van der Waals surface area contributed by atoms with E-state index < -0.39 is 24.3 Å². The molecule has 95 heavy (non-hydrogen) atoms. The van der Waals surface area contributed by atoms with Crippen LogP contribution in [-0.4, -0.2) is 87.4 Å². The Bertz CT molecular complexity index is 2270. The molecule has 0 aliphatic rings. The van der Waals surface area contributed by atoms with Gasteiger partial charge in [0.2, 0.25) is 0 Å². The molecule has 9 heteroatoms. The van der Waals surface area contributed by atoms with Crippen molar-refractivity contribution in [2.75, 3.05) is 47.5 Å². The summed E-state index contributed by atoms with van der Waals surface area (Å²) in [6, 6.07) is 0. The van der Waals surface area contributed by atoms with E-state index in [1.165, 1.54) is 89.9 Å². The first-order valence-corrected chi connectivity index (χ1v) is 37.6. The molecular weight excluding hydrogens is 1170 g/mol. The lowest BCUT2D eigenvalue weighted by molar-refractivity contribution is -0.870. The molecule has 1 N–H and O–H groups in total. The number of aliphatic carboxylic acids is 1. The first-order valence-electron chi connectivity index (χ1n) is 37.6. The summed E-state index contributed by atoms with van der Waals surface area (Å²) < 4.78 is 23.0. The summed E-state index contributed by atoms with van der Waals surface area (Å²) in [7, 11) is 5.96. The highest BCUT2D eigenvalue weighted by Crippen LogP contribution is 2.16. The molecule has 0 spiro atoms. The molecule has 0 radical (unpaired) electrons. The summed E-state index contributed by atoms with van der Waals surface area (Å²) in [6.45, 7) is 4.62. The molecule has 0 bridgehead atoms. The van der Waals surface area contributed by atoms with Crippen LogP contribution in [0.3, 0.4) is 0 Å². The number of carboxylic acid groups (broad SMARTS) is 1. The Kier molecular flexibility index (Phi) is 69.4. The first-order chi connectivity index (χ1) is 46.6. The van der Waals surface area contributed by atoms with Crippen LogP contribution >= 0.6 is 0 Å². The molecule has 0 saturated heterocycles. The Morgan fingerprint density at radius 1 is 0.316 bits per heavy atom. The number of likely N-dealkylation sites (N-methyl/N-ethyl adjacent to an activating group) is 1. The molecule has 0 aromatic carbocycles. The van der Waals surface area contributed by atoms with Crippen LogP contribution in [0, 0.1) is 0 Å². The van der Waals surface area contributed by atoms with Crippen molar-refractivity contribution in [1.82, 2.24) is 0 Å². The fourth-order valence-corrected chi connectivity index (χ4v) is 9.69. The molecule has 0 aromatic heterocycles. The lowest BCUT2D eigenvalue weighted by Crippen LogP contribution is -2.40. The highest BCUT2D eigenvalue weighted by molar-refractivity contribution is 5.71. The summed E-state index contributed by atoms with van der Waals surface area (Å²) in [5.74, 6) is -2.04. The second kappa shape index (κ2) is 73.9. The van der Waals surface area contributed by atoms with Crippen LogP contribution < -0.4 is 0 Å². The van der Waals surface area contributed by atoms with E-state index in [0.717, 1.165) is 148 Å². The van der Waals surface area contributed by atoms with Gasteiger partial charge in [-0.15, -0.1) is 0 Å². The monoisotopic (exact) mass is 1310 g/mol. The predicted octanol–water partition coefficient (Wildman–Crippen LogP) is 24.1. The van der Waals surface area contributed by atoms with Gasteiger partial charge in [-0.25, -0.2) is 4.79 Å². The zero-order valence-electron chi connectivity index (χ0n) is 61.0. The van der Waals surface area contributed by atoms with Gasteiger partial charge < -0.3 is 28.5 Å². The van der Waals surface area contributed by atoms with Gasteiger partial charge in [-0.1, -0.05) is 311 Å². The van der Waals surface area contributed by atoms with E-state index >= 15 is 0 Å². The average Bonchev–Trinajstić information content (AvgIpc) is 3.54. The Morgan fingerprint density at radius 3 is 0.842 bits per heavy atom. The third-order valence-corrected chi connectivity index (χ3v) is 15.3. The second-order valence-electron chi connectivity index (χ2n) is 25.5. The highest BCUT2D eigenvalue weighted by atomic mass is 16.7. The largest absolute Gasteiger partial charge is 0.477 e. The molecule has 2 unspecified atom stereocenters. The number of carbonyl (C=O) groups is 3. The van der Waals surface area contributed by atoms with Crippen molar-refractivity contribution in [3.63, 3.8) is 0 Å². The lowest BCUT2D eigenvalue weighted by Gasteiger charge is -2.25. The number of hydrogen-bond donors (Lipinski definition) is 1. The van der Waals surface area contributed by atoms with Crippen LogP contribution in [-0.2, 0) is 33.3 Å². The lowest BCUT2D eigenvalue weighted by atomic mass is 10.0. The van der Waals surface area contributed by atoms with Crippen molar-refractivity contribution in [1.29, 1.82) is 0 Å². The molecule has 0 aromatic rings. The minimum absolute atomic E-state index is 0.176. The molecule has 2 atom stereocenters. The fraction of sp³-hybridized carbons (Fsp3) is 0.593. The van der Waals surface area contributed by atoms with Gasteiger partial charge in [-0.2, -0.15) is 0 Å². The molecule has 0 rings (SSSR count). The second-order valence-corrected chi connectivity index (χ2v) is 25.5. The molecule has 0 aliphatic heterocycles. The van der Waals surface area contributed by atoms with E-state index in [1.54, 1.807) is 0 Å². The quantitative estimate of drug-likeness (QED) is 0.0211. The average molecular weight is 1310 g/mol. The predicted molar refractivity (Wildman–Crippen MR) is 409 cm³/mol. The number of esters is 2. The minimum atomic E-state index is -1.53. The van der Waals surface area contributed by atoms with Crippen LogP contribution in [0.2, 0.25) is 0 Å². The summed E-state index contributed by atoms with van der Waals surface area (Å²) in [5.41, 5.74) is 0. The number of ether oxygens (including phenoxy) is 4. The van der Waals surface area contributed by atoms with E-state index in [1.807, 2.05) is 21.1 Å². The standard InChI is InChI=1S/C86H137NO8/c1-6-8-10-12-14-16-18-20-22-24-26-28-30-32-34-36-37-38-39-40-41-42-43-44-45-46-47-49-51-53-55-57-59-61-63-65-67-69-71-73-75-77-84(89)95-82(81-94-86(85(90)91)92-79-78-87(3,4)5)80-93-83(88)76-74-72-70-68-66-64-62-60-58-56-54-52-50-48-35-33-31-29-27-25-23-21-19-17-15-13-11-9-7-2/h8-11,14-17,20-23,26-29,32-35,37-38,40-41,43-44,46-47,51,53,57,59,82,86H,6-7,12-13,18-19,24-25,30-31,36,39,42,45,48-50,52,54-56,58,60-81H2,1-5H3/p+1/b10-8-,11-9-,16-14-,17-15-,22-20-,23-21-,28-26-,29-27-,34-32-,35-33-,38-37-,41-40-,44-43-,47-46-,53-51-,59-57-. The van der Waals surface area contributed by atoms with Gasteiger partial charge in [0, 0.05) is 12.8 Å². The normalized spacial score (nSPS) is 13.8. The number of carbonyl (C=O) groups excluding carboxylic acids is 2. The fourth-order valence-electron chi connectivity index (χ4n) is 9.69. The maximum absolute atomic E-state index is 13.0. The van der Waals surface area contributed by atoms with E-state index in [0.29, 0.717) is 17.4 Å². The maximum Gasteiger partial charge on any atom is 0.361 e. The summed E-state index contributed by atoms with van der Waals surface area (Å²) in [5, 5.41) is 9.76. The maximum atomic E-state index is 13.0. The molecule has 0 amide bonds. The van der Waals surface area contributed by atoms with Gasteiger partial charge in [0.15, 0.2) is 6.10 Å². The van der Waals surface area contributed by atoms with Crippen LogP contribution in [0.5, 0.6) is 0 Å². The van der Waals surface area contributed by atoms with Crippen molar-refractivity contribution < 1.29 is 42.9 Å². The molecule has 0 heterocycles. The van der Waals surface area contributed by atoms with Crippen LogP contribution in [0.25, 0.3) is 0 Å². The third kappa shape index (κ3) is 75.4. The first kappa shape index (κ1) is 89.1. The van der Waals surface area contributed by atoms with Gasteiger partial charge in [0.25, 0.3) is 6.29 Å². The molecular formula is C86H138NO8+. The summed E-state index contributed by atoms with van der Waals surface area (Å²) in [6.07, 6.45) is 111. The van der Waals surface area contributed by atoms with Crippen molar-refractivity contribution in [3.8, 4) is 0 Å². The van der Waals surface area contributed by atoms with Gasteiger partial charge in [0.05, 0.1) is 34.4 Å². The zero-order chi connectivity index (χ0) is 69.0. The molecule has 0 aliphatic carbocycles. The van der Waals surface area contributed by atoms with Crippen molar-refractivity contribution in [2.45, 2.75) is 283 Å². The van der Waals surface area contributed by atoms with Crippen molar-refractivity contribution in [3.05, 3.63) is 194 Å². The van der Waals surface area contributed by atoms with E-state index in [9.17, 15) is 19.5 Å². The molecule has 534 valence electrons. The number of nitrogens with zero attached hydrogens (tertiary/aromatic N) is 1. The molecule has 0 saturated carbocycles. The third-order valence-electron chi connectivity index (χ3n) is 15.3. The van der Waals surface area contributed by atoms with E-state index in [2.05, 4.69) is 208 Å². The number of hydrogen-bond acceptors (Lipinski definition) is 7. The smallest absolute Gasteiger partial charge is 0.361 e. The molecule has 0 fully saturated rings. The number of quaternary nitrogens is 1. The van der Waals surface area contributed by atoms with E-state index in [-0.39, 0.29) is 38.6 Å². The number of allylic oxidation sites excluding steroid dienone is 32. The molecule has 9 nitrogen and oxygen atoms in total. The van der Waals surface area contributed by atoms with Gasteiger partial charge >= 0.3 is 17.9 Å². The Labute approximate surface area is 582 Å². The topological polar surface area (TPSA) is 108 Å². The Morgan fingerprint density at radius 2 is 0.568 bits per heavy atom. The number of unbranched alkanes of at least 4 members (excludes halogenated alkanes) is 20. The van der Waals surface area contributed by atoms with Crippen molar-refractivity contribution >= 4 is 17.9 Å². The Hall–Kier alpha value is -5.87. The minimum Gasteiger partial charge on any atom is -0.477 e. The van der Waals surface area contributed by atoms with Gasteiger partial charge in [-0.3, -0.25) is 9.59 Å². The summed E-state index contributed by atoms with van der Waals surface area (Å²) in [4.78, 5) is 37.7. The highest BCUT2D eigenvalue weighted by Gasteiger charge is 2.25. The zero-order valence-corrected chi connectivity index (χ0v) is 61.0. The van der Waals surface area contributed by atoms with Crippen LogP contribution in [0.15, 0.2) is 194 Å². The SMILES string of the molecule is CC/C=C\C/C=C\C/C=C\C/C=C\C/C=C\C/C=C\C/C=C\C/C=C\C/C=C\C/C=C\C/C=C\CCCCCCCCCC(=O)OC(COC(=O)CCCCCCCCCCCCCCC/C=C\C/C=C\C/C=C\C/C=C\C/C=C\CC)COC(OCC[N+](C)(C)C)C(=O)O. The number of rotatable bonds is 67. The number of carboxylic acids is 1.